The molecule has 2 heterocycles. The molecule has 8 heteroatoms. The number of thiazole rings is 1. The molecule has 0 bridgehead atoms. The lowest BCUT2D eigenvalue weighted by atomic mass is 10.2. The van der Waals surface area contributed by atoms with Crippen LogP contribution in [0.5, 0.6) is 5.75 Å². The van der Waals surface area contributed by atoms with Crippen molar-refractivity contribution in [2.45, 2.75) is 19.9 Å². The fraction of sp³-hybridized carbons (Fsp3) is 0.263. The minimum Gasteiger partial charge on any atom is -0.497 e. The Morgan fingerprint density at radius 3 is 2.78 bits per heavy atom. The second-order valence-electron chi connectivity index (χ2n) is 5.97. The quantitative estimate of drug-likeness (QED) is 0.674. The van der Waals surface area contributed by atoms with Crippen molar-refractivity contribution in [3.63, 3.8) is 0 Å². The molecule has 0 spiro atoms. The summed E-state index contributed by atoms with van der Waals surface area (Å²) in [6.45, 7) is 2.15. The summed E-state index contributed by atoms with van der Waals surface area (Å²) in [4.78, 5) is 32.4. The molecular weight excluding hydrogens is 364 g/mol. The fourth-order valence-electron chi connectivity index (χ4n) is 2.46. The maximum atomic E-state index is 12.0. The first-order chi connectivity index (χ1) is 13.0. The molecule has 3 aromatic rings. The average molecular weight is 384 g/mol. The van der Waals surface area contributed by atoms with Crippen LogP contribution in [0.4, 0.5) is 0 Å². The maximum Gasteiger partial charge on any atom is 0.253 e. The SMILES string of the molecule is COc1ccc(-c2nc(CCNC(=O)Cn3cnc(C)cc3=O)cs2)cc1. The number of ether oxygens (including phenoxy) is 1. The van der Waals surface area contributed by atoms with Crippen molar-refractivity contribution in [2.75, 3.05) is 13.7 Å². The van der Waals surface area contributed by atoms with E-state index in [-0.39, 0.29) is 18.0 Å². The van der Waals surface area contributed by atoms with E-state index < -0.39 is 0 Å². The summed E-state index contributed by atoms with van der Waals surface area (Å²) in [7, 11) is 1.64. The van der Waals surface area contributed by atoms with Crippen LogP contribution in [0.15, 0.2) is 46.8 Å². The Hall–Kier alpha value is -3.00. The Kier molecular flexibility index (Phi) is 5.97. The third kappa shape index (κ3) is 5.01. The monoisotopic (exact) mass is 384 g/mol. The number of nitrogens with zero attached hydrogens (tertiary/aromatic N) is 3. The van der Waals surface area contributed by atoms with Crippen LogP contribution in [0.3, 0.4) is 0 Å². The van der Waals surface area contributed by atoms with Gasteiger partial charge in [0.25, 0.3) is 5.56 Å². The molecule has 3 rings (SSSR count). The summed E-state index contributed by atoms with van der Waals surface area (Å²) in [6.07, 6.45) is 2.01. The van der Waals surface area contributed by atoms with E-state index in [2.05, 4.69) is 15.3 Å². The van der Waals surface area contributed by atoms with Gasteiger partial charge in [-0.3, -0.25) is 14.2 Å². The lowest BCUT2D eigenvalue weighted by Gasteiger charge is -2.06. The number of aromatic nitrogens is 3. The molecule has 0 radical (unpaired) electrons. The first kappa shape index (κ1) is 18.8. The molecule has 27 heavy (non-hydrogen) atoms. The van der Waals surface area contributed by atoms with Gasteiger partial charge in [-0.2, -0.15) is 0 Å². The van der Waals surface area contributed by atoms with E-state index in [1.54, 1.807) is 25.4 Å². The van der Waals surface area contributed by atoms with Crippen molar-refractivity contribution in [1.82, 2.24) is 19.9 Å². The van der Waals surface area contributed by atoms with Gasteiger partial charge in [0.15, 0.2) is 0 Å². The van der Waals surface area contributed by atoms with Crippen molar-refractivity contribution in [1.29, 1.82) is 0 Å². The van der Waals surface area contributed by atoms with Gasteiger partial charge in [-0.15, -0.1) is 11.3 Å². The highest BCUT2D eigenvalue weighted by Crippen LogP contribution is 2.25. The number of amides is 1. The van der Waals surface area contributed by atoms with Gasteiger partial charge >= 0.3 is 0 Å². The van der Waals surface area contributed by atoms with Crippen LogP contribution in [-0.2, 0) is 17.8 Å². The summed E-state index contributed by atoms with van der Waals surface area (Å²) < 4.78 is 6.44. The number of methoxy groups -OCH3 is 1. The Morgan fingerprint density at radius 1 is 1.30 bits per heavy atom. The third-order valence-corrected chi connectivity index (χ3v) is 4.86. The molecule has 0 saturated carbocycles. The number of aryl methyl sites for hydroxylation is 1. The van der Waals surface area contributed by atoms with E-state index in [0.717, 1.165) is 22.0 Å². The maximum absolute atomic E-state index is 12.0. The van der Waals surface area contributed by atoms with Gasteiger partial charge in [0.05, 0.1) is 19.1 Å². The van der Waals surface area contributed by atoms with Gasteiger partial charge in [0, 0.05) is 35.7 Å². The third-order valence-electron chi connectivity index (χ3n) is 3.92. The zero-order valence-electron chi connectivity index (χ0n) is 15.1. The van der Waals surface area contributed by atoms with E-state index in [0.29, 0.717) is 18.7 Å². The van der Waals surface area contributed by atoms with Crippen LogP contribution < -0.4 is 15.6 Å². The minimum atomic E-state index is -0.235. The molecule has 2 aromatic heterocycles. The van der Waals surface area contributed by atoms with Crippen LogP contribution in [0.2, 0.25) is 0 Å². The lowest BCUT2D eigenvalue weighted by Crippen LogP contribution is -2.33. The normalized spacial score (nSPS) is 10.6. The molecule has 0 aliphatic heterocycles. The van der Waals surface area contributed by atoms with Gasteiger partial charge in [0.2, 0.25) is 5.91 Å². The number of carbonyl (C=O) groups is 1. The molecule has 1 N–H and O–H groups in total. The van der Waals surface area contributed by atoms with E-state index in [9.17, 15) is 9.59 Å². The molecule has 0 fully saturated rings. The summed E-state index contributed by atoms with van der Waals surface area (Å²) in [5.41, 5.74) is 2.34. The first-order valence-corrected chi connectivity index (χ1v) is 9.32. The Morgan fingerprint density at radius 2 is 2.07 bits per heavy atom. The minimum absolute atomic E-state index is 0.0414. The molecule has 0 aliphatic rings. The van der Waals surface area contributed by atoms with E-state index in [1.807, 2.05) is 29.6 Å². The van der Waals surface area contributed by atoms with Gasteiger partial charge in [-0.25, -0.2) is 9.97 Å². The van der Waals surface area contributed by atoms with Crippen LogP contribution in [0, 0.1) is 6.92 Å². The summed E-state index contributed by atoms with van der Waals surface area (Å²) in [6, 6.07) is 9.15. The van der Waals surface area contributed by atoms with Gasteiger partial charge < -0.3 is 10.1 Å². The number of nitrogens with one attached hydrogen (secondary N) is 1. The second-order valence-corrected chi connectivity index (χ2v) is 6.83. The smallest absolute Gasteiger partial charge is 0.253 e. The predicted molar refractivity (Wildman–Crippen MR) is 104 cm³/mol. The van der Waals surface area contributed by atoms with Crippen molar-refractivity contribution in [3.8, 4) is 16.3 Å². The zero-order valence-corrected chi connectivity index (χ0v) is 16.0. The number of carbonyl (C=O) groups excluding carboxylic acids is 1. The fourth-order valence-corrected chi connectivity index (χ4v) is 3.32. The van der Waals surface area contributed by atoms with Crippen LogP contribution in [0.25, 0.3) is 10.6 Å². The molecule has 7 nitrogen and oxygen atoms in total. The van der Waals surface area contributed by atoms with Crippen LogP contribution in [-0.4, -0.2) is 34.1 Å². The zero-order chi connectivity index (χ0) is 19.2. The predicted octanol–water partition coefficient (Wildman–Crippen LogP) is 2.04. The Bertz CT molecular complexity index is 979. The molecule has 0 aliphatic carbocycles. The number of benzene rings is 1. The second kappa shape index (κ2) is 8.59. The molecule has 140 valence electrons. The highest BCUT2D eigenvalue weighted by atomic mass is 32.1. The van der Waals surface area contributed by atoms with Crippen molar-refractivity contribution in [2.24, 2.45) is 0 Å². The highest BCUT2D eigenvalue weighted by Gasteiger charge is 2.07. The average Bonchev–Trinajstić information content (AvgIpc) is 3.13. The molecule has 1 amide bonds. The largest absolute Gasteiger partial charge is 0.497 e. The van der Waals surface area contributed by atoms with Crippen molar-refractivity contribution >= 4 is 17.2 Å². The lowest BCUT2D eigenvalue weighted by molar-refractivity contribution is -0.121. The molecule has 1 aromatic carbocycles. The Balaban J connectivity index is 1.51. The standard InChI is InChI=1S/C19H20N4O3S/c1-13-9-18(25)23(12-21-13)10-17(24)20-8-7-15-11-27-19(22-15)14-3-5-16(26-2)6-4-14/h3-6,9,11-12H,7-8,10H2,1-2H3,(H,20,24). The highest BCUT2D eigenvalue weighted by molar-refractivity contribution is 7.13. The topological polar surface area (TPSA) is 86.1 Å². The van der Waals surface area contributed by atoms with E-state index in [1.165, 1.54) is 17.0 Å². The van der Waals surface area contributed by atoms with Gasteiger partial charge in [-0.1, -0.05) is 0 Å². The van der Waals surface area contributed by atoms with Gasteiger partial charge in [0.1, 0.15) is 17.3 Å². The number of hydrogen-bond donors (Lipinski definition) is 1. The first-order valence-electron chi connectivity index (χ1n) is 8.44. The molecular formula is C19H20N4O3S. The summed E-state index contributed by atoms with van der Waals surface area (Å²) in [5, 5.41) is 5.72. The molecule has 0 saturated heterocycles. The van der Waals surface area contributed by atoms with Crippen LogP contribution >= 0.6 is 11.3 Å². The number of rotatable bonds is 7. The Labute approximate surface area is 160 Å². The van der Waals surface area contributed by atoms with E-state index in [4.69, 9.17) is 4.74 Å². The molecule has 0 unspecified atom stereocenters. The number of hydrogen-bond acceptors (Lipinski definition) is 6. The van der Waals surface area contributed by atoms with Gasteiger partial charge in [-0.05, 0) is 31.2 Å². The summed E-state index contributed by atoms with van der Waals surface area (Å²) >= 11 is 1.56. The van der Waals surface area contributed by atoms with Crippen molar-refractivity contribution < 1.29 is 9.53 Å². The van der Waals surface area contributed by atoms with Crippen molar-refractivity contribution in [3.05, 3.63) is 63.8 Å². The van der Waals surface area contributed by atoms with E-state index >= 15 is 0 Å². The van der Waals surface area contributed by atoms with Crippen LogP contribution in [0.1, 0.15) is 11.4 Å². The molecule has 0 atom stereocenters. The summed E-state index contributed by atoms with van der Waals surface area (Å²) in [5.74, 6) is 0.578.